The van der Waals surface area contributed by atoms with Gasteiger partial charge < -0.3 is 19.1 Å². The van der Waals surface area contributed by atoms with E-state index in [1.54, 1.807) is 0 Å². The third-order valence-electron chi connectivity index (χ3n) is 6.63. The van der Waals surface area contributed by atoms with Gasteiger partial charge in [0.1, 0.15) is 5.75 Å². The van der Waals surface area contributed by atoms with Crippen LogP contribution in [0.5, 0.6) is 5.75 Å². The molecule has 1 atom stereocenters. The normalized spacial score (nSPS) is 15.8. The predicted octanol–water partition coefficient (Wildman–Crippen LogP) is 6.34. The predicted molar refractivity (Wildman–Crippen MR) is 137 cm³/mol. The average molecular weight is 470 g/mol. The Morgan fingerprint density at radius 1 is 0.943 bits per heavy atom. The van der Waals surface area contributed by atoms with E-state index < -0.39 is 5.97 Å². The van der Waals surface area contributed by atoms with Crippen molar-refractivity contribution in [1.82, 2.24) is 4.57 Å². The molecule has 0 radical (unpaired) electrons. The second-order valence-corrected chi connectivity index (χ2v) is 9.16. The second-order valence-electron chi connectivity index (χ2n) is 9.16. The number of carbonyl (C=O) groups is 1. The van der Waals surface area contributed by atoms with Crippen LogP contribution in [-0.4, -0.2) is 28.5 Å². The molecule has 1 aliphatic heterocycles. The summed E-state index contributed by atoms with van der Waals surface area (Å²) in [6.45, 7) is 0.762. The number of nitrogens with zero attached hydrogens (tertiary/aromatic N) is 1. The maximum absolute atomic E-state index is 11.1. The maximum atomic E-state index is 11.1. The van der Waals surface area contributed by atoms with E-state index in [-0.39, 0.29) is 12.7 Å². The van der Waals surface area contributed by atoms with Gasteiger partial charge in [-0.25, -0.2) is 0 Å². The molecule has 1 unspecified atom stereocenters. The van der Waals surface area contributed by atoms with Crippen LogP contribution < -0.4 is 4.74 Å². The quantitative estimate of drug-likeness (QED) is 0.311. The third kappa shape index (κ3) is 5.75. The Bertz CT molecular complexity index is 1270. The van der Waals surface area contributed by atoms with Crippen LogP contribution in [0.4, 0.5) is 0 Å². The largest absolute Gasteiger partial charge is 0.481 e. The summed E-state index contributed by atoms with van der Waals surface area (Å²) >= 11 is 0. The van der Waals surface area contributed by atoms with Crippen LogP contribution in [0.1, 0.15) is 42.4 Å². The molecule has 180 valence electrons. The van der Waals surface area contributed by atoms with Crippen molar-refractivity contribution in [3.63, 3.8) is 0 Å². The minimum Gasteiger partial charge on any atom is -0.481 e. The topological polar surface area (TPSA) is 60.7 Å². The fourth-order valence-electron chi connectivity index (χ4n) is 4.73. The standard InChI is InChI=1S/C30H31NO4/c32-29(33)18-11-23-10-17-28-27(20-23)24(12-9-22-6-2-1-3-7-22)21-31(28)25-13-15-26(16-14-25)35-30-8-4-5-19-34-30/h1-3,6-7,10,13-17,20-21,30H,4-5,8-9,11-12,18-19H2,(H,32,33). The van der Waals surface area contributed by atoms with Crippen LogP contribution in [0.3, 0.4) is 0 Å². The molecule has 35 heavy (non-hydrogen) atoms. The molecule has 0 saturated carbocycles. The second kappa shape index (κ2) is 10.8. The minimum atomic E-state index is -0.770. The zero-order valence-corrected chi connectivity index (χ0v) is 19.9. The molecule has 1 aliphatic rings. The van der Waals surface area contributed by atoms with Crippen molar-refractivity contribution in [2.24, 2.45) is 0 Å². The minimum absolute atomic E-state index is 0.137. The number of aromatic nitrogens is 1. The van der Waals surface area contributed by atoms with Gasteiger partial charge in [-0.2, -0.15) is 0 Å². The first-order chi connectivity index (χ1) is 17.2. The Kier molecular flexibility index (Phi) is 7.15. The number of carboxylic acid groups (broad SMARTS) is 1. The van der Waals surface area contributed by atoms with Gasteiger partial charge in [-0.05, 0) is 85.2 Å². The molecule has 1 aromatic heterocycles. The van der Waals surface area contributed by atoms with Gasteiger partial charge in [0.25, 0.3) is 0 Å². The smallest absolute Gasteiger partial charge is 0.303 e. The average Bonchev–Trinajstić information content (AvgIpc) is 3.26. The third-order valence-corrected chi connectivity index (χ3v) is 6.63. The van der Waals surface area contributed by atoms with E-state index in [1.165, 1.54) is 16.5 Å². The van der Waals surface area contributed by atoms with Crippen LogP contribution >= 0.6 is 0 Å². The number of rotatable bonds is 9. The number of ether oxygens (including phenoxy) is 2. The Balaban J connectivity index is 1.42. The SMILES string of the molecule is O=C(O)CCc1ccc2c(c1)c(CCc1ccccc1)cn2-c1ccc(OC2CCCCO2)cc1. The lowest BCUT2D eigenvalue weighted by atomic mass is 10.0. The first kappa shape index (κ1) is 23.2. The highest BCUT2D eigenvalue weighted by Gasteiger charge is 2.16. The maximum Gasteiger partial charge on any atom is 0.303 e. The van der Waals surface area contributed by atoms with Gasteiger partial charge in [0.2, 0.25) is 0 Å². The molecule has 5 nitrogen and oxygen atoms in total. The molecule has 1 N–H and O–H groups in total. The zero-order chi connectivity index (χ0) is 24.0. The molecular formula is C30H31NO4. The summed E-state index contributed by atoms with van der Waals surface area (Å²) in [5.74, 6) is 0.0465. The summed E-state index contributed by atoms with van der Waals surface area (Å²) in [6.07, 6.45) is 7.76. The van der Waals surface area contributed by atoms with Crippen molar-refractivity contribution in [3.8, 4) is 11.4 Å². The van der Waals surface area contributed by atoms with Crippen molar-refractivity contribution in [2.75, 3.05) is 6.61 Å². The van der Waals surface area contributed by atoms with Gasteiger partial charge in [0, 0.05) is 30.1 Å². The summed E-state index contributed by atoms with van der Waals surface area (Å²) in [5, 5.41) is 10.3. The fourth-order valence-corrected chi connectivity index (χ4v) is 4.73. The molecule has 5 heteroatoms. The molecule has 1 saturated heterocycles. The molecule has 2 heterocycles. The monoisotopic (exact) mass is 469 g/mol. The number of hydrogen-bond donors (Lipinski definition) is 1. The summed E-state index contributed by atoms with van der Waals surface area (Å²) in [5.41, 5.74) is 5.81. The van der Waals surface area contributed by atoms with Crippen molar-refractivity contribution in [2.45, 2.75) is 51.2 Å². The zero-order valence-electron chi connectivity index (χ0n) is 19.9. The van der Waals surface area contributed by atoms with Crippen LogP contribution in [-0.2, 0) is 28.8 Å². The van der Waals surface area contributed by atoms with Crippen LogP contribution in [0.15, 0.2) is 79.0 Å². The van der Waals surface area contributed by atoms with Crippen molar-refractivity contribution in [1.29, 1.82) is 0 Å². The van der Waals surface area contributed by atoms with E-state index in [2.05, 4.69) is 59.3 Å². The van der Waals surface area contributed by atoms with Crippen molar-refractivity contribution >= 4 is 16.9 Å². The Hall–Kier alpha value is -3.57. The Labute approximate surface area is 205 Å². The van der Waals surface area contributed by atoms with Crippen LogP contribution in [0, 0.1) is 0 Å². The highest BCUT2D eigenvalue weighted by molar-refractivity contribution is 5.86. The first-order valence-corrected chi connectivity index (χ1v) is 12.4. The number of aliphatic carboxylic acids is 1. The summed E-state index contributed by atoms with van der Waals surface area (Å²) in [7, 11) is 0. The lowest BCUT2D eigenvalue weighted by Crippen LogP contribution is -2.24. The fraction of sp³-hybridized carbons (Fsp3) is 0.300. The molecule has 0 spiro atoms. The number of hydrogen-bond acceptors (Lipinski definition) is 3. The lowest BCUT2D eigenvalue weighted by molar-refractivity contribution is -0.136. The van der Waals surface area contributed by atoms with E-state index in [0.29, 0.717) is 6.42 Å². The highest BCUT2D eigenvalue weighted by Crippen LogP contribution is 2.29. The van der Waals surface area contributed by atoms with E-state index >= 15 is 0 Å². The number of aryl methyl sites for hydroxylation is 3. The molecular weight excluding hydrogens is 438 g/mol. The number of benzene rings is 3. The molecule has 1 fully saturated rings. The van der Waals surface area contributed by atoms with E-state index in [9.17, 15) is 4.79 Å². The lowest BCUT2D eigenvalue weighted by Gasteiger charge is -2.23. The van der Waals surface area contributed by atoms with E-state index in [1.807, 2.05) is 24.3 Å². The molecule has 0 bridgehead atoms. The summed E-state index contributed by atoms with van der Waals surface area (Å²) in [6, 6.07) is 25.0. The van der Waals surface area contributed by atoms with Gasteiger partial charge in [0.15, 0.2) is 6.29 Å². The van der Waals surface area contributed by atoms with Crippen LogP contribution in [0.2, 0.25) is 0 Å². The van der Waals surface area contributed by atoms with Crippen LogP contribution in [0.25, 0.3) is 16.6 Å². The number of carboxylic acids is 1. The van der Waals surface area contributed by atoms with E-state index in [0.717, 1.165) is 61.2 Å². The summed E-state index contributed by atoms with van der Waals surface area (Å²) in [4.78, 5) is 11.1. The molecule has 0 aliphatic carbocycles. The molecule has 4 aromatic rings. The van der Waals surface area contributed by atoms with Gasteiger partial charge >= 0.3 is 5.97 Å². The molecule has 5 rings (SSSR count). The Morgan fingerprint density at radius 3 is 2.51 bits per heavy atom. The highest BCUT2D eigenvalue weighted by atomic mass is 16.7. The van der Waals surface area contributed by atoms with Crippen molar-refractivity contribution in [3.05, 3.63) is 95.7 Å². The summed E-state index contributed by atoms with van der Waals surface area (Å²) < 4.78 is 13.9. The van der Waals surface area contributed by atoms with Gasteiger partial charge in [-0.3, -0.25) is 4.79 Å². The van der Waals surface area contributed by atoms with Crippen molar-refractivity contribution < 1.29 is 19.4 Å². The van der Waals surface area contributed by atoms with Gasteiger partial charge in [-0.15, -0.1) is 0 Å². The molecule has 3 aromatic carbocycles. The van der Waals surface area contributed by atoms with Gasteiger partial charge in [0.05, 0.1) is 12.1 Å². The molecule has 0 amide bonds. The van der Waals surface area contributed by atoms with E-state index in [4.69, 9.17) is 14.6 Å². The Morgan fingerprint density at radius 2 is 1.77 bits per heavy atom. The first-order valence-electron chi connectivity index (χ1n) is 12.4. The number of fused-ring (bicyclic) bond motifs is 1. The van der Waals surface area contributed by atoms with Gasteiger partial charge in [-0.1, -0.05) is 36.4 Å².